The molecule has 6 heteroatoms. The van der Waals surface area contributed by atoms with Crippen LogP contribution in [0.15, 0.2) is 42.5 Å². The molecule has 0 atom stereocenters. The Balaban J connectivity index is 1.93. The van der Waals surface area contributed by atoms with Gasteiger partial charge in [0.05, 0.1) is 17.7 Å². The van der Waals surface area contributed by atoms with Gasteiger partial charge >= 0.3 is 0 Å². The summed E-state index contributed by atoms with van der Waals surface area (Å²) in [6.07, 6.45) is 0.693. The van der Waals surface area contributed by atoms with E-state index in [4.69, 9.17) is 4.74 Å². The molecular formula is C15H15FN2O3. The number of non-ortho nitro benzene ring substituents is 1. The largest absolute Gasteiger partial charge is 0.494 e. The Morgan fingerprint density at radius 3 is 2.57 bits per heavy atom. The number of nitro benzene ring substituents is 1. The van der Waals surface area contributed by atoms with E-state index in [1.165, 1.54) is 31.4 Å². The number of nitrogens with one attached hydrogen (secondary N) is 1. The van der Waals surface area contributed by atoms with E-state index >= 15 is 0 Å². The quantitative estimate of drug-likeness (QED) is 0.654. The molecule has 0 spiro atoms. The van der Waals surface area contributed by atoms with Crippen molar-refractivity contribution in [2.45, 2.75) is 6.42 Å². The van der Waals surface area contributed by atoms with E-state index in [1.54, 1.807) is 18.2 Å². The lowest BCUT2D eigenvalue weighted by Crippen LogP contribution is -2.06. The van der Waals surface area contributed by atoms with Gasteiger partial charge in [-0.1, -0.05) is 12.1 Å². The lowest BCUT2D eigenvalue weighted by atomic mass is 10.1. The van der Waals surface area contributed by atoms with Crippen LogP contribution in [0.5, 0.6) is 5.75 Å². The second-order valence-corrected chi connectivity index (χ2v) is 4.44. The molecule has 21 heavy (non-hydrogen) atoms. The van der Waals surface area contributed by atoms with Crippen molar-refractivity contribution in [3.05, 3.63) is 64.0 Å². The molecule has 0 amide bonds. The van der Waals surface area contributed by atoms with E-state index in [0.29, 0.717) is 24.4 Å². The number of benzene rings is 2. The topological polar surface area (TPSA) is 64.4 Å². The molecule has 2 aromatic carbocycles. The number of methoxy groups -OCH3 is 1. The van der Waals surface area contributed by atoms with E-state index in [1.807, 2.05) is 0 Å². The summed E-state index contributed by atoms with van der Waals surface area (Å²) in [5.74, 6) is 0.0893. The predicted octanol–water partition coefficient (Wildman–Crippen LogP) is 3.40. The Bertz CT molecular complexity index is 629. The van der Waals surface area contributed by atoms with Crippen molar-refractivity contribution in [1.29, 1.82) is 0 Å². The zero-order chi connectivity index (χ0) is 15.2. The fraction of sp³-hybridized carbons (Fsp3) is 0.200. The van der Waals surface area contributed by atoms with E-state index in [9.17, 15) is 14.5 Å². The third kappa shape index (κ3) is 3.92. The molecule has 1 N–H and O–H groups in total. The maximum atomic E-state index is 13.1. The van der Waals surface area contributed by atoms with Gasteiger partial charge in [0, 0.05) is 24.7 Å². The van der Waals surface area contributed by atoms with Crippen molar-refractivity contribution in [2.75, 3.05) is 19.0 Å². The highest BCUT2D eigenvalue weighted by molar-refractivity contribution is 5.56. The monoisotopic (exact) mass is 290 g/mol. The number of nitro groups is 1. The van der Waals surface area contributed by atoms with Crippen LogP contribution in [0, 0.1) is 15.9 Å². The number of anilines is 1. The second-order valence-electron chi connectivity index (χ2n) is 4.44. The van der Waals surface area contributed by atoms with Crippen LogP contribution in [-0.4, -0.2) is 18.6 Å². The highest BCUT2D eigenvalue weighted by Crippen LogP contribution is 2.24. The summed E-state index contributed by atoms with van der Waals surface area (Å²) in [4.78, 5) is 10.1. The van der Waals surface area contributed by atoms with Gasteiger partial charge in [-0.05, 0) is 24.1 Å². The maximum Gasteiger partial charge on any atom is 0.269 e. The standard InChI is InChI=1S/C15H15FN2O3/c1-21-15-10-12(16)4-7-14(15)17-9-8-11-2-5-13(6-3-11)18(19)20/h2-7,10,17H,8-9H2,1H3. The normalized spacial score (nSPS) is 10.2. The zero-order valence-electron chi connectivity index (χ0n) is 11.5. The number of nitrogens with zero attached hydrogens (tertiary/aromatic N) is 1. The molecular weight excluding hydrogens is 275 g/mol. The Kier molecular flexibility index (Phi) is 4.71. The van der Waals surface area contributed by atoms with Crippen molar-refractivity contribution in [2.24, 2.45) is 0 Å². The molecule has 0 bridgehead atoms. The predicted molar refractivity (Wildman–Crippen MR) is 78.2 cm³/mol. The molecule has 0 radical (unpaired) electrons. The van der Waals surface area contributed by atoms with Crippen molar-refractivity contribution >= 4 is 11.4 Å². The summed E-state index contributed by atoms with van der Waals surface area (Å²) < 4.78 is 18.2. The molecule has 0 aromatic heterocycles. The first-order valence-electron chi connectivity index (χ1n) is 6.41. The highest BCUT2D eigenvalue weighted by Gasteiger charge is 2.05. The minimum Gasteiger partial charge on any atom is -0.494 e. The third-order valence-electron chi connectivity index (χ3n) is 3.04. The summed E-state index contributed by atoms with van der Waals surface area (Å²) in [7, 11) is 1.48. The lowest BCUT2D eigenvalue weighted by Gasteiger charge is -2.11. The van der Waals surface area contributed by atoms with Crippen LogP contribution in [-0.2, 0) is 6.42 Å². The van der Waals surface area contributed by atoms with Crippen LogP contribution < -0.4 is 10.1 Å². The molecule has 0 aliphatic rings. The minimum atomic E-state index is -0.425. The molecule has 0 aliphatic carbocycles. The number of halogens is 1. The van der Waals surface area contributed by atoms with Crippen LogP contribution in [0.1, 0.15) is 5.56 Å². The van der Waals surface area contributed by atoms with Crippen LogP contribution in [0.25, 0.3) is 0 Å². The first-order chi connectivity index (χ1) is 10.1. The number of hydrogen-bond acceptors (Lipinski definition) is 4. The van der Waals surface area contributed by atoms with Gasteiger partial charge in [0.15, 0.2) is 0 Å². The highest BCUT2D eigenvalue weighted by atomic mass is 19.1. The first kappa shape index (κ1) is 14.8. The molecule has 2 rings (SSSR count). The number of hydrogen-bond donors (Lipinski definition) is 1. The molecule has 0 saturated carbocycles. The minimum absolute atomic E-state index is 0.0758. The van der Waals surface area contributed by atoms with Gasteiger partial charge in [-0.25, -0.2) is 4.39 Å². The number of ether oxygens (including phenoxy) is 1. The fourth-order valence-electron chi connectivity index (χ4n) is 1.94. The van der Waals surface area contributed by atoms with Gasteiger partial charge in [-0.15, -0.1) is 0 Å². The molecule has 2 aromatic rings. The molecule has 0 fully saturated rings. The molecule has 110 valence electrons. The van der Waals surface area contributed by atoms with Gasteiger partial charge in [0.1, 0.15) is 11.6 Å². The lowest BCUT2D eigenvalue weighted by molar-refractivity contribution is -0.384. The second kappa shape index (κ2) is 6.69. The Morgan fingerprint density at radius 1 is 1.24 bits per heavy atom. The molecule has 0 saturated heterocycles. The van der Waals surface area contributed by atoms with Crippen molar-refractivity contribution in [1.82, 2.24) is 0 Å². The van der Waals surface area contributed by atoms with Crippen LogP contribution in [0.3, 0.4) is 0 Å². The molecule has 5 nitrogen and oxygen atoms in total. The van der Waals surface area contributed by atoms with E-state index in [2.05, 4.69) is 5.32 Å². The average molecular weight is 290 g/mol. The van der Waals surface area contributed by atoms with Crippen LogP contribution in [0.4, 0.5) is 15.8 Å². The third-order valence-corrected chi connectivity index (χ3v) is 3.04. The van der Waals surface area contributed by atoms with E-state index in [0.717, 1.165) is 5.56 Å². The Labute approximate surface area is 121 Å². The van der Waals surface area contributed by atoms with E-state index in [-0.39, 0.29) is 11.5 Å². The summed E-state index contributed by atoms with van der Waals surface area (Å²) in [5.41, 5.74) is 1.77. The van der Waals surface area contributed by atoms with Gasteiger partial charge < -0.3 is 10.1 Å². The average Bonchev–Trinajstić information content (AvgIpc) is 2.49. The fourth-order valence-corrected chi connectivity index (χ4v) is 1.94. The Morgan fingerprint density at radius 2 is 1.95 bits per heavy atom. The molecule has 0 aliphatic heterocycles. The van der Waals surface area contributed by atoms with Gasteiger partial charge in [0.2, 0.25) is 0 Å². The summed E-state index contributed by atoms with van der Waals surface area (Å²) >= 11 is 0. The van der Waals surface area contributed by atoms with Crippen LogP contribution in [0.2, 0.25) is 0 Å². The van der Waals surface area contributed by atoms with Gasteiger partial charge in [0.25, 0.3) is 5.69 Å². The summed E-state index contributed by atoms with van der Waals surface area (Å²) in [5, 5.41) is 13.7. The van der Waals surface area contributed by atoms with Crippen molar-refractivity contribution in [3.63, 3.8) is 0 Å². The zero-order valence-corrected chi connectivity index (χ0v) is 11.5. The molecule has 0 heterocycles. The Hall–Kier alpha value is -2.63. The van der Waals surface area contributed by atoms with Gasteiger partial charge in [-0.3, -0.25) is 10.1 Å². The summed E-state index contributed by atoms with van der Waals surface area (Å²) in [6.45, 7) is 0.611. The maximum absolute atomic E-state index is 13.1. The van der Waals surface area contributed by atoms with Crippen molar-refractivity contribution < 1.29 is 14.1 Å². The van der Waals surface area contributed by atoms with E-state index < -0.39 is 4.92 Å². The SMILES string of the molecule is COc1cc(F)ccc1NCCc1ccc([N+](=O)[O-])cc1. The van der Waals surface area contributed by atoms with Crippen molar-refractivity contribution in [3.8, 4) is 5.75 Å². The van der Waals surface area contributed by atoms with Gasteiger partial charge in [-0.2, -0.15) is 0 Å². The van der Waals surface area contributed by atoms with Crippen LogP contribution >= 0.6 is 0 Å². The smallest absolute Gasteiger partial charge is 0.269 e. The number of rotatable bonds is 6. The summed E-state index contributed by atoms with van der Waals surface area (Å²) in [6, 6.07) is 10.7. The first-order valence-corrected chi connectivity index (χ1v) is 6.41. The molecule has 0 unspecified atom stereocenters.